The number of nitrogens with zero attached hydrogens (tertiary/aromatic N) is 1. The van der Waals surface area contributed by atoms with E-state index in [4.69, 9.17) is 5.11 Å². The third-order valence-corrected chi connectivity index (χ3v) is 4.02. The van der Waals surface area contributed by atoms with E-state index in [2.05, 4.69) is 9.97 Å². The zero-order chi connectivity index (χ0) is 14.9. The van der Waals surface area contributed by atoms with Gasteiger partial charge in [-0.25, -0.2) is 18.2 Å². The summed E-state index contributed by atoms with van der Waals surface area (Å²) in [5.74, 6) is -0.670. The molecule has 1 aromatic heterocycles. The third-order valence-electron chi connectivity index (χ3n) is 2.89. The summed E-state index contributed by atoms with van der Waals surface area (Å²) in [7, 11) is -3.25. The lowest BCUT2D eigenvalue weighted by atomic mass is 10.2. The summed E-state index contributed by atoms with van der Waals surface area (Å²) in [5, 5.41) is 9.05. The van der Waals surface area contributed by atoms with Crippen LogP contribution in [0.2, 0.25) is 0 Å². The Hall–Kier alpha value is -2.15. The predicted octanol–water partition coefficient (Wildman–Crippen LogP) is 1.74. The number of imidazole rings is 1. The Bertz CT molecular complexity index is 745. The maximum Gasteiger partial charge on any atom is 0.356 e. The van der Waals surface area contributed by atoms with Crippen LogP contribution in [0.5, 0.6) is 0 Å². The van der Waals surface area contributed by atoms with Gasteiger partial charge in [0.15, 0.2) is 15.5 Å². The van der Waals surface area contributed by atoms with Crippen molar-refractivity contribution < 1.29 is 18.3 Å². The Labute approximate surface area is 116 Å². The number of hydrogen-bond acceptors (Lipinski definition) is 4. The second-order valence-corrected chi connectivity index (χ2v) is 6.38. The average Bonchev–Trinajstić information content (AvgIpc) is 2.82. The fraction of sp³-hybridized carbons (Fsp3) is 0.231. The molecular weight excluding hydrogens is 280 g/mol. The Morgan fingerprint density at radius 3 is 2.30 bits per heavy atom. The summed E-state index contributed by atoms with van der Waals surface area (Å²) in [6.45, 7) is 1.83. The van der Waals surface area contributed by atoms with E-state index in [-0.39, 0.29) is 10.6 Å². The number of benzene rings is 1. The van der Waals surface area contributed by atoms with Crippen molar-refractivity contribution in [2.45, 2.75) is 18.2 Å². The topological polar surface area (TPSA) is 100 Å². The van der Waals surface area contributed by atoms with Gasteiger partial charge in [0.05, 0.1) is 4.90 Å². The van der Waals surface area contributed by atoms with Crippen molar-refractivity contribution >= 4 is 15.8 Å². The summed E-state index contributed by atoms with van der Waals surface area (Å²) in [4.78, 5) is 18.2. The number of carboxylic acid groups (broad SMARTS) is 1. The second kappa shape index (κ2) is 5.09. The first-order valence-corrected chi connectivity index (χ1v) is 7.84. The van der Waals surface area contributed by atoms with E-state index in [1.54, 1.807) is 12.1 Å². The number of aryl methyl sites for hydroxylation is 1. The number of H-pyrrole nitrogens is 1. The first kappa shape index (κ1) is 14.3. The molecule has 106 valence electrons. The molecule has 0 amide bonds. The second-order valence-electron chi connectivity index (χ2n) is 4.37. The lowest BCUT2D eigenvalue weighted by Crippen LogP contribution is -2.00. The van der Waals surface area contributed by atoms with Gasteiger partial charge in [0, 0.05) is 17.5 Å². The number of hydrogen-bond donors (Lipinski definition) is 2. The Balaban J connectivity index is 2.45. The van der Waals surface area contributed by atoms with Gasteiger partial charge in [-0.05, 0) is 30.7 Å². The highest BCUT2D eigenvalue weighted by Crippen LogP contribution is 2.21. The molecule has 0 bridgehead atoms. The van der Waals surface area contributed by atoms with Crippen LogP contribution in [0.1, 0.15) is 23.1 Å². The normalized spacial score (nSPS) is 11.5. The molecule has 0 aliphatic heterocycles. The van der Waals surface area contributed by atoms with Gasteiger partial charge < -0.3 is 10.1 Å². The molecule has 2 rings (SSSR count). The molecule has 0 saturated carbocycles. The van der Waals surface area contributed by atoms with Crippen LogP contribution in [0.3, 0.4) is 0 Å². The molecule has 0 unspecified atom stereocenters. The van der Waals surface area contributed by atoms with E-state index < -0.39 is 15.8 Å². The monoisotopic (exact) mass is 294 g/mol. The van der Waals surface area contributed by atoms with Crippen molar-refractivity contribution in [2.24, 2.45) is 0 Å². The van der Waals surface area contributed by atoms with Crippen LogP contribution in [0.15, 0.2) is 29.2 Å². The maximum absolute atomic E-state index is 11.4. The number of carboxylic acids is 1. The number of aromatic nitrogens is 2. The molecule has 0 fully saturated rings. The average molecular weight is 294 g/mol. The quantitative estimate of drug-likeness (QED) is 0.894. The zero-order valence-corrected chi connectivity index (χ0v) is 11.9. The molecule has 2 N–H and O–H groups in total. The minimum absolute atomic E-state index is 0.00492. The van der Waals surface area contributed by atoms with Crippen molar-refractivity contribution in [3.8, 4) is 11.4 Å². The van der Waals surface area contributed by atoms with Crippen LogP contribution in [0, 0.1) is 0 Å². The molecule has 1 aromatic carbocycles. The number of aromatic amines is 1. The Morgan fingerprint density at radius 2 is 1.90 bits per heavy atom. The van der Waals surface area contributed by atoms with Crippen molar-refractivity contribution in [2.75, 3.05) is 6.26 Å². The van der Waals surface area contributed by atoms with Crippen LogP contribution >= 0.6 is 0 Å². The van der Waals surface area contributed by atoms with E-state index in [1.807, 2.05) is 6.92 Å². The summed E-state index contributed by atoms with van der Waals surface area (Å²) in [6.07, 6.45) is 1.66. The molecule has 1 heterocycles. The Morgan fingerprint density at radius 1 is 1.30 bits per heavy atom. The minimum Gasteiger partial charge on any atom is -0.476 e. The lowest BCUT2D eigenvalue weighted by Gasteiger charge is -2.00. The minimum atomic E-state index is -3.25. The molecule has 20 heavy (non-hydrogen) atoms. The standard InChI is InChI=1S/C13H14N2O4S/c1-3-10-11(13(16)17)15-12(14-10)8-4-6-9(7-5-8)20(2,18)19/h4-7H,3H2,1-2H3,(H,14,15)(H,16,17). The smallest absolute Gasteiger partial charge is 0.356 e. The van der Waals surface area contributed by atoms with E-state index in [9.17, 15) is 13.2 Å². The molecule has 0 aliphatic rings. The SMILES string of the molecule is CCc1[nH]c(-c2ccc(S(C)(=O)=O)cc2)nc1C(=O)O. The summed E-state index contributed by atoms with van der Waals surface area (Å²) < 4.78 is 22.7. The van der Waals surface area contributed by atoms with Gasteiger partial charge in [-0.3, -0.25) is 0 Å². The van der Waals surface area contributed by atoms with Crippen LogP contribution < -0.4 is 0 Å². The Kier molecular flexibility index (Phi) is 3.63. The van der Waals surface area contributed by atoms with E-state index >= 15 is 0 Å². The highest BCUT2D eigenvalue weighted by atomic mass is 32.2. The van der Waals surface area contributed by atoms with Crippen molar-refractivity contribution in [3.05, 3.63) is 35.7 Å². The molecule has 0 saturated heterocycles. The summed E-state index contributed by atoms with van der Waals surface area (Å²) in [5.41, 5.74) is 1.17. The van der Waals surface area contributed by atoms with Gasteiger partial charge in [0.2, 0.25) is 0 Å². The maximum atomic E-state index is 11.4. The molecule has 0 radical (unpaired) electrons. The van der Waals surface area contributed by atoms with E-state index in [0.29, 0.717) is 23.5 Å². The number of nitrogens with one attached hydrogen (secondary N) is 1. The molecule has 7 heteroatoms. The van der Waals surface area contributed by atoms with Crippen molar-refractivity contribution in [1.82, 2.24) is 9.97 Å². The van der Waals surface area contributed by atoms with Gasteiger partial charge in [0.25, 0.3) is 0 Å². The van der Waals surface area contributed by atoms with Gasteiger partial charge in [-0.1, -0.05) is 6.92 Å². The van der Waals surface area contributed by atoms with E-state index in [0.717, 1.165) is 6.26 Å². The highest BCUT2D eigenvalue weighted by Gasteiger charge is 2.16. The van der Waals surface area contributed by atoms with Crippen molar-refractivity contribution in [1.29, 1.82) is 0 Å². The van der Waals surface area contributed by atoms with Crippen LogP contribution in [-0.2, 0) is 16.3 Å². The molecule has 0 aliphatic carbocycles. The van der Waals surface area contributed by atoms with Crippen LogP contribution in [0.4, 0.5) is 0 Å². The van der Waals surface area contributed by atoms with Crippen LogP contribution in [-0.4, -0.2) is 35.7 Å². The molecule has 2 aromatic rings. The number of sulfone groups is 1. The number of carbonyl (C=O) groups is 1. The largest absolute Gasteiger partial charge is 0.476 e. The van der Waals surface area contributed by atoms with E-state index in [1.165, 1.54) is 12.1 Å². The summed E-state index contributed by atoms with van der Waals surface area (Å²) in [6, 6.07) is 6.14. The molecular formula is C13H14N2O4S. The highest BCUT2D eigenvalue weighted by molar-refractivity contribution is 7.90. The number of rotatable bonds is 4. The summed E-state index contributed by atoms with van der Waals surface area (Å²) >= 11 is 0. The number of aromatic carboxylic acids is 1. The third kappa shape index (κ3) is 2.72. The lowest BCUT2D eigenvalue weighted by molar-refractivity contribution is 0.0690. The fourth-order valence-electron chi connectivity index (χ4n) is 1.84. The van der Waals surface area contributed by atoms with Crippen LogP contribution in [0.25, 0.3) is 11.4 Å². The van der Waals surface area contributed by atoms with Gasteiger partial charge >= 0.3 is 5.97 Å². The molecule has 0 atom stereocenters. The first-order valence-electron chi connectivity index (χ1n) is 5.95. The predicted molar refractivity (Wildman–Crippen MR) is 73.5 cm³/mol. The first-order chi connectivity index (χ1) is 9.32. The molecule has 6 nitrogen and oxygen atoms in total. The molecule has 0 spiro atoms. The van der Waals surface area contributed by atoms with Gasteiger partial charge in [-0.15, -0.1) is 0 Å². The zero-order valence-electron chi connectivity index (χ0n) is 11.0. The van der Waals surface area contributed by atoms with Gasteiger partial charge in [-0.2, -0.15) is 0 Å². The fourth-order valence-corrected chi connectivity index (χ4v) is 2.47. The van der Waals surface area contributed by atoms with Crippen molar-refractivity contribution in [3.63, 3.8) is 0 Å². The van der Waals surface area contributed by atoms with Gasteiger partial charge in [0.1, 0.15) is 5.82 Å².